The van der Waals surface area contributed by atoms with Gasteiger partial charge in [-0.25, -0.2) is 0 Å². The van der Waals surface area contributed by atoms with Crippen LogP contribution in [0.3, 0.4) is 0 Å². The summed E-state index contributed by atoms with van der Waals surface area (Å²) >= 11 is 3.43. The fourth-order valence-electron chi connectivity index (χ4n) is 2.21. The largest absolute Gasteiger partial charge is 0.425 e. The van der Waals surface area contributed by atoms with Crippen molar-refractivity contribution in [1.82, 2.24) is 0 Å². The van der Waals surface area contributed by atoms with Crippen LogP contribution >= 0.6 is 15.9 Å². The van der Waals surface area contributed by atoms with E-state index in [9.17, 15) is 4.79 Å². The highest BCUT2D eigenvalue weighted by molar-refractivity contribution is 9.10. The van der Waals surface area contributed by atoms with Crippen molar-refractivity contribution in [3.63, 3.8) is 0 Å². The summed E-state index contributed by atoms with van der Waals surface area (Å²) in [6.07, 6.45) is 0. The van der Waals surface area contributed by atoms with Gasteiger partial charge in [0, 0.05) is 12.3 Å². The summed E-state index contributed by atoms with van der Waals surface area (Å²) in [6, 6.07) is 16.2. The highest BCUT2D eigenvalue weighted by atomic mass is 79.9. The van der Waals surface area contributed by atoms with Crippen molar-refractivity contribution in [2.45, 2.75) is 6.92 Å². The highest BCUT2D eigenvalue weighted by Crippen LogP contribution is 2.36. The average Bonchev–Trinajstić information content (AvgIpc) is 2.40. The first kappa shape index (κ1) is 12.2. The van der Waals surface area contributed by atoms with E-state index in [1.807, 2.05) is 36.4 Å². The number of carbonyl (C=O) groups excluding carboxylic acids is 1. The molecule has 0 saturated heterocycles. The van der Waals surface area contributed by atoms with Gasteiger partial charge >= 0.3 is 5.97 Å². The predicted octanol–water partition coefficient (Wildman–Crippen LogP) is 4.68. The number of carbonyl (C=O) groups is 1. The average molecular weight is 315 g/mol. The van der Waals surface area contributed by atoms with Crippen molar-refractivity contribution < 1.29 is 9.53 Å². The van der Waals surface area contributed by atoms with Gasteiger partial charge in [0.2, 0.25) is 0 Å². The number of halogens is 1. The molecule has 0 atom stereocenters. The summed E-state index contributed by atoms with van der Waals surface area (Å²) < 4.78 is 6.10. The molecule has 0 aliphatic heterocycles. The molecule has 0 aromatic heterocycles. The Kier molecular flexibility index (Phi) is 2.99. The van der Waals surface area contributed by atoms with Crippen LogP contribution in [-0.2, 0) is 4.79 Å². The minimum Gasteiger partial charge on any atom is -0.425 e. The molecule has 3 rings (SSSR count). The lowest BCUT2D eigenvalue weighted by Gasteiger charge is -2.10. The number of hydrogen-bond acceptors (Lipinski definition) is 2. The molecule has 3 heteroatoms. The zero-order valence-corrected chi connectivity index (χ0v) is 11.9. The Morgan fingerprint density at radius 3 is 2.37 bits per heavy atom. The number of ether oxygens (including phenoxy) is 1. The van der Waals surface area contributed by atoms with Crippen molar-refractivity contribution in [2.75, 3.05) is 0 Å². The zero-order valence-electron chi connectivity index (χ0n) is 10.3. The Labute approximate surface area is 119 Å². The molecule has 19 heavy (non-hydrogen) atoms. The van der Waals surface area contributed by atoms with Gasteiger partial charge in [0.25, 0.3) is 0 Å². The fraction of sp³-hybridized carbons (Fsp3) is 0.0625. The van der Waals surface area contributed by atoms with Gasteiger partial charge in [-0.05, 0) is 50.3 Å². The van der Waals surface area contributed by atoms with Gasteiger partial charge in [-0.3, -0.25) is 4.79 Å². The molecule has 0 aliphatic rings. The summed E-state index contributed by atoms with van der Waals surface area (Å²) in [4.78, 5) is 11.2. The zero-order chi connectivity index (χ0) is 13.4. The first-order valence-corrected chi connectivity index (χ1v) is 6.74. The topological polar surface area (TPSA) is 26.3 Å². The van der Waals surface area contributed by atoms with E-state index in [4.69, 9.17) is 4.74 Å². The van der Waals surface area contributed by atoms with Crippen LogP contribution in [0.25, 0.3) is 21.5 Å². The summed E-state index contributed by atoms with van der Waals surface area (Å²) in [5.74, 6) is 0.261. The molecular formula is C16H11BrO2. The maximum Gasteiger partial charge on any atom is 0.308 e. The molecule has 0 radical (unpaired) electrons. The van der Waals surface area contributed by atoms with Gasteiger partial charge in [-0.2, -0.15) is 0 Å². The van der Waals surface area contributed by atoms with Crippen LogP contribution in [0, 0.1) is 0 Å². The minimum atomic E-state index is -0.318. The molecule has 3 aromatic rings. The van der Waals surface area contributed by atoms with E-state index >= 15 is 0 Å². The smallest absolute Gasteiger partial charge is 0.308 e. The predicted molar refractivity (Wildman–Crippen MR) is 80.5 cm³/mol. The molecule has 0 aliphatic carbocycles. The van der Waals surface area contributed by atoms with Gasteiger partial charge in [0.15, 0.2) is 5.75 Å². The molecule has 0 fully saturated rings. The van der Waals surface area contributed by atoms with Crippen LogP contribution in [0.5, 0.6) is 5.75 Å². The van der Waals surface area contributed by atoms with Gasteiger partial charge in [-0.1, -0.05) is 30.3 Å². The third kappa shape index (κ3) is 2.22. The van der Waals surface area contributed by atoms with Crippen LogP contribution in [0.2, 0.25) is 0 Å². The maximum atomic E-state index is 11.2. The SMILES string of the molecule is CC(=O)Oc1c(Br)ccc2cc3ccccc3cc12. The molecule has 0 unspecified atom stereocenters. The van der Waals surface area contributed by atoms with Crippen molar-refractivity contribution in [1.29, 1.82) is 0 Å². The number of hydrogen-bond donors (Lipinski definition) is 0. The molecule has 2 nitrogen and oxygen atoms in total. The monoisotopic (exact) mass is 314 g/mol. The summed E-state index contributed by atoms with van der Waals surface area (Å²) in [6.45, 7) is 1.41. The third-order valence-corrected chi connectivity index (χ3v) is 3.66. The van der Waals surface area contributed by atoms with Crippen molar-refractivity contribution in [3.8, 4) is 5.75 Å². The molecule has 0 saturated carbocycles. The first-order chi connectivity index (χ1) is 9.15. The van der Waals surface area contributed by atoms with E-state index in [1.165, 1.54) is 12.3 Å². The summed E-state index contributed by atoms with van der Waals surface area (Å²) in [5, 5.41) is 4.29. The molecule has 94 valence electrons. The van der Waals surface area contributed by atoms with E-state index in [2.05, 4.69) is 28.1 Å². The van der Waals surface area contributed by atoms with Crippen molar-refractivity contribution in [2.24, 2.45) is 0 Å². The van der Waals surface area contributed by atoms with Crippen LogP contribution in [0.4, 0.5) is 0 Å². The Morgan fingerprint density at radius 2 is 1.68 bits per heavy atom. The van der Waals surface area contributed by atoms with Gasteiger partial charge < -0.3 is 4.74 Å². The summed E-state index contributed by atoms with van der Waals surface area (Å²) in [5.41, 5.74) is 0. The van der Waals surface area contributed by atoms with Crippen molar-refractivity contribution >= 4 is 43.4 Å². The number of esters is 1. The summed E-state index contributed by atoms with van der Waals surface area (Å²) in [7, 11) is 0. The molecule has 0 bridgehead atoms. The number of rotatable bonds is 1. The van der Waals surface area contributed by atoms with Crippen molar-refractivity contribution in [3.05, 3.63) is 53.0 Å². The van der Waals surface area contributed by atoms with E-state index < -0.39 is 0 Å². The maximum absolute atomic E-state index is 11.2. The van der Waals surface area contributed by atoms with E-state index in [1.54, 1.807) is 0 Å². The molecule has 0 spiro atoms. The standard InChI is InChI=1S/C16H11BrO2/c1-10(18)19-16-14-9-12-5-3-2-4-11(12)8-13(14)6-7-15(16)17/h2-9H,1H3. The Balaban J connectivity index is 2.37. The quantitative estimate of drug-likeness (QED) is 0.370. The van der Waals surface area contributed by atoms with Crippen LogP contribution in [-0.4, -0.2) is 5.97 Å². The number of benzene rings is 3. The highest BCUT2D eigenvalue weighted by Gasteiger charge is 2.10. The molecule has 0 N–H and O–H groups in total. The first-order valence-electron chi connectivity index (χ1n) is 5.94. The fourth-order valence-corrected chi connectivity index (χ4v) is 2.63. The Bertz CT molecular complexity index is 793. The molecular weight excluding hydrogens is 304 g/mol. The molecule has 0 heterocycles. The molecule has 0 amide bonds. The second kappa shape index (κ2) is 4.67. The van der Waals surface area contributed by atoms with Crippen LogP contribution in [0.15, 0.2) is 53.0 Å². The van der Waals surface area contributed by atoms with E-state index in [0.717, 1.165) is 20.6 Å². The third-order valence-electron chi connectivity index (χ3n) is 3.03. The second-order valence-corrected chi connectivity index (χ2v) is 5.24. The Hall–Kier alpha value is -1.87. The van der Waals surface area contributed by atoms with Crippen LogP contribution in [0.1, 0.15) is 6.92 Å². The lowest BCUT2D eigenvalue weighted by atomic mass is 10.0. The Morgan fingerprint density at radius 1 is 1.00 bits per heavy atom. The van der Waals surface area contributed by atoms with Crippen LogP contribution < -0.4 is 4.74 Å². The minimum absolute atomic E-state index is 0.318. The van der Waals surface area contributed by atoms with Gasteiger partial charge in [0.05, 0.1) is 4.47 Å². The van der Waals surface area contributed by atoms with E-state index in [0.29, 0.717) is 5.75 Å². The van der Waals surface area contributed by atoms with E-state index in [-0.39, 0.29) is 5.97 Å². The lowest BCUT2D eigenvalue weighted by molar-refractivity contribution is -0.131. The van der Waals surface area contributed by atoms with Gasteiger partial charge in [-0.15, -0.1) is 0 Å². The second-order valence-electron chi connectivity index (χ2n) is 4.39. The molecule has 3 aromatic carbocycles. The lowest BCUT2D eigenvalue weighted by Crippen LogP contribution is -2.02. The van der Waals surface area contributed by atoms with Gasteiger partial charge in [0.1, 0.15) is 0 Å². The normalized spacial score (nSPS) is 10.8. The number of fused-ring (bicyclic) bond motifs is 2.